The van der Waals surface area contributed by atoms with Gasteiger partial charge in [-0.25, -0.2) is 0 Å². The van der Waals surface area contributed by atoms with E-state index in [0.29, 0.717) is 5.56 Å². The van der Waals surface area contributed by atoms with Crippen molar-refractivity contribution in [3.63, 3.8) is 0 Å². The zero-order chi connectivity index (χ0) is 9.68. The number of hydrogen-bond acceptors (Lipinski definition) is 2. The van der Waals surface area contributed by atoms with E-state index in [1.165, 1.54) is 0 Å². The summed E-state index contributed by atoms with van der Waals surface area (Å²) in [4.78, 5) is 0. The van der Waals surface area contributed by atoms with E-state index >= 15 is 0 Å². The molecule has 0 aliphatic heterocycles. The third-order valence-electron chi connectivity index (χ3n) is 1.67. The Balaban J connectivity index is 2.92. The van der Waals surface area contributed by atoms with Crippen molar-refractivity contribution in [3.05, 3.63) is 35.4 Å². The van der Waals surface area contributed by atoms with Crippen LogP contribution in [0.15, 0.2) is 24.3 Å². The molecule has 1 aromatic carbocycles. The first-order chi connectivity index (χ1) is 6.27. The van der Waals surface area contributed by atoms with E-state index in [4.69, 9.17) is 5.11 Å². The van der Waals surface area contributed by atoms with Crippen LogP contribution in [0.1, 0.15) is 11.1 Å². The highest BCUT2D eigenvalue weighted by Crippen LogP contribution is 2.18. The molecule has 0 atom stereocenters. The average molecular weight is 243 g/mol. The van der Waals surface area contributed by atoms with E-state index in [0.717, 1.165) is 10.9 Å². The van der Waals surface area contributed by atoms with Crippen LogP contribution in [0.4, 0.5) is 0 Å². The third kappa shape index (κ3) is 2.86. The van der Waals surface area contributed by atoms with Crippen LogP contribution in [-0.2, 0) is 6.61 Å². The molecule has 0 unspecified atom stereocenters. The molecule has 70 valence electrons. The number of rotatable bonds is 3. The molecule has 0 aliphatic carbocycles. The second-order valence-corrected chi connectivity index (χ2v) is 3.25. The highest BCUT2D eigenvalue weighted by molar-refractivity contribution is 9.09. The molecule has 0 heterocycles. The van der Waals surface area contributed by atoms with Crippen molar-refractivity contribution in [1.29, 1.82) is 0 Å². The summed E-state index contributed by atoms with van der Waals surface area (Å²) in [5.41, 5.74) is 1.53. The van der Waals surface area contributed by atoms with Gasteiger partial charge in [0.1, 0.15) is 5.75 Å². The van der Waals surface area contributed by atoms with Gasteiger partial charge < -0.3 is 10.2 Å². The van der Waals surface area contributed by atoms with Gasteiger partial charge in [0.2, 0.25) is 0 Å². The smallest absolute Gasteiger partial charge is 0.121 e. The van der Waals surface area contributed by atoms with Crippen molar-refractivity contribution >= 4 is 22.0 Å². The monoisotopic (exact) mass is 242 g/mol. The lowest BCUT2D eigenvalue weighted by molar-refractivity contribution is 0.275. The van der Waals surface area contributed by atoms with Crippen LogP contribution >= 0.6 is 15.9 Å². The minimum atomic E-state index is -0.137. The van der Waals surface area contributed by atoms with E-state index in [2.05, 4.69) is 15.9 Å². The number of allylic oxidation sites excluding steroid dienone is 1. The Morgan fingerprint density at radius 2 is 2.15 bits per heavy atom. The van der Waals surface area contributed by atoms with Gasteiger partial charge >= 0.3 is 0 Å². The van der Waals surface area contributed by atoms with E-state index in [1.807, 2.05) is 12.2 Å². The van der Waals surface area contributed by atoms with E-state index in [-0.39, 0.29) is 12.4 Å². The SMILES string of the molecule is OCc1cc(C=CCBr)ccc1O. The topological polar surface area (TPSA) is 40.5 Å². The molecule has 0 aromatic heterocycles. The predicted molar refractivity (Wildman–Crippen MR) is 56.9 cm³/mol. The molecule has 0 bridgehead atoms. The van der Waals surface area contributed by atoms with Gasteiger partial charge in [-0.1, -0.05) is 34.1 Å². The Labute approximate surface area is 85.7 Å². The first-order valence-corrected chi connectivity index (χ1v) is 5.05. The van der Waals surface area contributed by atoms with Crippen LogP contribution in [0.2, 0.25) is 0 Å². The lowest BCUT2D eigenvalue weighted by Gasteiger charge is -2.01. The summed E-state index contributed by atoms with van der Waals surface area (Å²) in [7, 11) is 0. The number of alkyl halides is 1. The minimum Gasteiger partial charge on any atom is -0.508 e. The van der Waals surface area contributed by atoms with Crippen LogP contribution < -0.4 is 0 Å². The molecule has 0 saturated carbocycles. The normalized spacial score (nSPS) is 10.9. The molecule has 2 N–H and O–H groups in total. The van der Waals surface area contributed by atoms with Crippen molar-refractivity contribution in [1.82, 2.24) is 0 Å². The molecule has 0 fully saturated rings. The number of aliphatic hydroxyl groups excluding tert-OH is 1. The summed E-state index contributed by atoms with van der Waals surface area (Å²) in [6.45, 7) is -0.137. The quantitative estimate of drug-likeness (QED) is 0.799. The Morgan fingerprint density at radius 3 is 2.77 bits per heavy atom. The van der Waals surface area contributed by atoms with Crippen LogP contribution in [0, 0.1) is 0 Å². The van der Waals surface area contributed by atoms with Gasteiger partial charge in [0.25, 0.3) is 0 Å². The van der Waals surface area contributed by atoms with Gasteiger partial charge in [-0.2, -0.15) is 0 Å². The van der Waals surface area contributed by atoms with Crippen molar-refractivity contribution in [2.24, 2.45) is 0 Å². The summed E-state index contributed by atoms with van der Waals surface area (Å²) in [5, 5.41) is 18.9. The van der Waals surface area contributed by atoms with Crippen LogP contribution in [0.25, 0.3) is 6.08 Å². The molecule has 0 aliphatic rings. The zero-order valence-electron chi connectivity index (χ0n) is 7.07. The fraction of sp³-hybridized carbons (Fsp3) is 0.200. The molecule has 13 heavy (non-hydrogen) atoms. The van der Waals surface area contributed by atoms with Crippen molar-refractivity contribution in [2.45, 2.75) is 6.61 Å². The summed E-state index contributed by atoms with van der Waals surface area (Å²) in [5.74, 6) is 0.137. The Morgan fingerprint density at radius 1 is 1.38 bits per heavy atom. The summed E-state index contributed by atoms with van der Waals surface area (Å²) < 4.78 is 0. The molecule has 0 amide bonds. The third-order valence-corrected chi connectivity index (χ3v) is 2.05. The maximum Gasteiger partial charge on any atom is 0.121 e. The molecule has 0 radical (unpaired) electrons. The van der Waals surface area contributed by atoms with Gasteiger partial charge in [-0.3, -0.25) is 0 Å². The van der Waals surface area contributed by atoms with Gasteiger partial charge in [0.05, 0.1) is 6.61 Å². The van der Waals surface area contributed by atoms with Gasteiger partial charge in [-0.05, 0) is 17.7 Å². The number of hydrogen-bond donors (Lipinski definition) is 2. The summed E-state index contributed by atoms with van der Waals surface area (Å²) in [6.07, 6.45) is 3.88. The Hall–Kier alpha value is -0.800. The molecule has 2 nitrogen and oxygen atoms in total. The molecule has 1 aromatic rings. The highest BCUT2D eigenvalue weighted by atomic mass is 79.9. The van der Waals surface area contributed by atoms with Crippen molar-refractivity contribution < 1.29 is 10.2 Å². The number of halogens is 1. The lowest BCUT2D eigenvalue weighted by atomic mass is 10.1. The van der Waals surface area contributed by atoms with Crippen molar-refractivity contribution in [2.75, 3.05) is 5.33 Å². The average Bonchev–Trinajstić information content (AvgIpc) is 2.16. The Bertz CT molecular complexity index is 308. The van der Waals surface area contributed by atoms with E-state index < -0.39 is 0 Å². The number of phenols is 1. The van der Waals surface area contributed by atoms with Gasteiger partial charge in [-0.15, -0.1) is 0 Å². The number of aromatic hydroxyl groups is 1. The standard InChI is InChI=1S/C10H11BrO2/c11-5-1-2-8-3-4-10(13)9(6-8)7-12/h1-4,6,12-13H,5,7H2. The molecule has 0 spiro atoms. The second kappa shape index (κ2) is 5.04. The molecule has 1 rings (SSSR count). The van der Waals surface area contributed by atoms with Crippen molar-refractivity contribution in [3.8, 4) is 5.75 Å². The van der Waals surface area contributed by atoms with Gasteiger partial charge in [0, 0.05) is 10.9 Å². The maximum absolute atomic E-state index is 9.27. The summed E-state index contributed by atoms with van der Waals surface area (Å²) >= 11 is 3.27. The Kier molecular flexibility index (Phi) is 3.99. The van der Waals surface area contributed by atoms with Crippen LogP contribution in [-0.4, -0.2) is 15.5 Å². The minimum absolute atomic E-state index is 0.137. The first kappa shape index (κ1) is 10.3. The number of benzene rings is 1. The second-order valence-electron chi connectivity index (χ2n) is 2.60. The van der Waals surface area contributed by atoms with Crippen LogP contribution in [0.5, 0.6) is 5.75 Å². The predicted octanol–water partition coefficient (Wildman–Crippen LogP) is 2.29. The molecule has 3 heteroatoms. The fourth-order valence-corrected chi connectivity index (χ4v) is 1.20. The van der Waals surface area contributed by atoms with E-state index in [1.54, 1.807) is 18.2 Å². The van der Waals surface area contributed by atoms with Gasteiger partial charge in [0.15, 0.2) is 0 Å². The lowest BCUT2D eigenvalue weighted by Crippen LogP contribution is -1.85. The molecular weight excluding hydrogens is 232 g/mol. The maximum atomic E-state index is 9.27. The van der Waals surface area contributed by atoms with E-state index in [9.17, 15) is 5.11 Å². The zero-order valence-corrected chi connectivity index (χ0v) is 8.66. The van der Waals surface area contributed by atoms with Crippen LogP contribution in [0.3, 0.4) is 0 Å². The fourth-order valence-electron chi connectivity index (χ4n) is 1.02. The number of aliphatic hydroxyl groups is 1. The molecular formula is C10H11BrO2. The summed E-state index contributed by atoms with van der Waals surface area (Å²) in [6, 6.07) is 5.14. The largest absolute Gasteiger partial charge is 0.508 e. The highest BCUT2D eigenvalue weighted by Gasteiger charge is 1.98. The first-order valence-electron chi connectivity index (χ1n) is 3.93. The molecule has 0 saturated heterocycles.